The number of amides is 1. The molecule has 0 aliphatic carbocycles. The van der Waals surface area contributed by atoms with Crippen LogP contribution < -0.4 is 10.0 Å². The second kappa shape index (κ2) is 9.92. The molecule has 0 radical (unpaired) electrons. The highest BCUT2D eigenvalue weighted by Crippen LogP contribution is 2.28. The molecule has 158 valence electrons. The first-order valence-corrected chi connectivity index (χ1v) is 12.0. The van der Waals surface area contributed by atoms with Crippen LogP contribution >= 0.6 is 11.3 Å². The Hall–Kier alpha value is -2.62. The van der Waals surface area contributed by atoms with Crippen molar-refractivity contribution in [3.8, 4) is 0 Å². The van der Waals surface area contributed by atoms with E-state index in [1.165, 1.54) is 23.5 Å². The molecule has 7 nitrogen and oxygen atoms in total. The lowest BCUT2D eigenvalue weighted by atomic mass is 10.1. The van der Waals surface area contributed by atoms with Crippen molar-refractivity contribution in [3.05, 3.63) is 70.7 Å². The minimum Gasteiger partial charge on any atom is -0.296 e. The van der Waals surface area contributed by atoms with Crippen molar-refractivity contribution in [2.75, 3.05) is 5.32 Å². The molecule has 1 heterocycles. The molecule has 0 saturated heterocycles. The van der Waals surface area contributed by atoms with Gasteiger partial charge in [-0.1, -0.05) is 61.6 Å². The smallest absolute Gasteiger partial charge is 0.257 e. The number of aromatic nitrogens is 2. The van der Waals surface area contributed by atoms with Crippen LogP contribution in [0.1, 0.15) is 53.5 Å². The topological polar surface area (TPSA) is 101 Å². The van der Waals surface area contributed by atoms with E-state index in [0.717, 1.165) is 23.4 Å². The molecule has 0 saturated carbocycles. The monoisotopic (exact) mass is 444 g/mol. The molecule has 2 aromatic carbocycles. The van der Waals surface area contributed by atoms with Crippen LogP contribution in [0.2, 0.25) is 0 Å². The second-order valence-electron chi connectivity index (χ2n) is 6.75. The number of hydrogen-bond donors (Lipinski definition) is 2. The maximum Gasteiger partial charge on any atom is 0.257 e. The SMILES string of the molecule is CCC(CC)c1nnc(NC(=O)c2cccc(S(=O)(=O)NCc3ccccc3)c2)s1. The van der Waals surface area contributed by atoms with Crippen molar-refractivity contribution < 1.29 is 13.2 Å². The van der Waals surface area contributed by atoms with Gasteiger partial charge in [-0.3, -0.25) is 10.1 Å². The number of carbonyl (C=O) groups excluding carboxylic acids is 1. The molecule has 0 atom stereocenters. The summed E-state index contributed by atoms with van der Waals surface area (Å²) >= 11 is 1.34. The summed E-state index contributed by atoms with van der Waals surface area (Å²) in [4.78, 5) is 12.6. The van der Waals surface area contributed by atoms with Gasteiger partial charge in [0, 0.05) is 18.0 Å². The molecule has 9 heteroatoms. The standard InChI is InChI=1S/C21H24N4O3S2/c1-3-16(4-2)20-24-25-21(29-20)23-19(26)17-11-8-12-18(13-17)30(27,28)22-14-15-9-6-5-7-10-15/h5-13,16,22H,3-4,14H2,1-2H3,(H,23,25,26). The minimum atomic E-state index is -3.76. The molecule has 1 aromatic heterocycles. The predicted octanol–water partition coefficient (Wildman–Crippen LogP) is 4.17. The van der Waals surface area contributed by atoms with E-state index < -0.39 is 15.9 Å². The van der Waals surface area contributed by atoms with Gasteiger partial charge in [-0.25, -0.2) is 13.1 Å². The summed E-state index contributed by atoms with van der Waals surface area (Å²) in [5.74, 6) is -0.111. The predicted molar refractivity (Wildman–Crippen MR) is 118 cm³/mol. The zero-order valence-corrected chi connectivity index (χ0v) is 18.5. The summed E-state index contributed by atoms with van der Waals surface area (Å²) in [6, 6.07) is 15.1. The van der Waals surface area contributed by atoms with Gasteiger partial charge in [-0.05, 0) is 36.6 Å². The van der Waals surface area contributed by atoms with Gasteiger partial charge in [0.1, 0.15) is 5.01 Å². The molecule has 3 rings (SSSR count). The number of anilines is 1. The van der Waals surface area contributed by atoms with Gasteiger partial charge in [0.25, 0.3) is 5.91 Å². The molecule has 3 aromatic rings. The summed E-state index contributed by atoms with van der Waals surface area (Å²) < 4.78 is 27.8. The quantitative estimate of drug-likeness (QED) is 0.516. The summed E-state index contributed by atoms with van der Waals surface area (Å²) in [5.41, 5.74) is 1.08. The Bertz CT molecular complexity index is 1090. The summed E-state index contributed by atoms with van der Waals surface area (Å²) in [7, 11) is -3.76. The first-order valence-electron chi connectivity index (χ1n) is 9.71. The van der Waals surface area contributed by atoms with Crippen LogP contribution in [-0.4, -0.2) is 24.5 Å². The highest BCUT2D eigenvalue weighted by molar-refractivity contribution is 7.89. The van der Waals surface area contributed by atoms with Gasteiger partial charge in [0.15, 0.2) is 0 Å². The lowest BCUT2D eigenvalue weighted by Gasteiger charge is -2.08. The van der Waals surface area contributed by atoms with Crippen molar-refractivity contribution in [2.24, 2.45) is 0 Å². The summed E-state index contributed by atoms with van der Waals surface area (Å²) in [6.07, 6.45) is 1.91. The Kier molecular flexibility index (Phi) is 7.30. The number of sulfonamides is 1. The average molecular weight is 445 g/mol. The fourth-order valence-electron chi connectivity index (χ4n) is 2.92. The van der Waals surface area contributed by atoms with Gasteiger partial charge >= 0.3 is 0 Å². The highest BCUT2D eigenvalue weighted by Gasteiger charge is 2.18. The van der Waals surface area contributed by atoms with Gasteiger partial charge in [0.05, 0.1) is 4.90 Å². The van der Waals surface area contributed by atoms with Gasteiger partial charge in [0.2, 0.25) is 15.2 Å². The van der Waals surface area contributed by atoms with Crippen molar-refractivity contribution in [1.82, 2.24) is 14.9 Å². The second-order valence-corrected chi connectivity index (χ2v) is 9.53. The number of hydrogen-bond acceptors (Lipinski definition) is 6. The van der Waals surface area contributed by atoms with Crippen LogP contribution in [0, 0.1) is 0 Å². The van der Waals surface area contributed by atoms with Crippen molar-refractivity contribution in [3.63, 3.8) is 0 Å². The Balaban J connectivity index is 1.70. The van der Waals surface area contributed by atoms with E-state index in [0.29, 0.717) is 11.0 Å². The van der Waals surface area contributed by atoms with E-state index in [4.69, 9.17) is 0 Å². The molecular formula is C21H24N4O3S2. The van der Waals surface area contributed by atoms with Crippen LogP contribution in [-0.2, 0) is 16.6 Å². The van der Waals surface area contributed by atoms with E-state index in [2.05, 4.69) is 34.1 Å². The average Bonchev–Trinajstić information content (AvgIpc) is 3.22. The van der Waals surface area contributed by atoms with E-state index in [1.54, 1.807) is 12.1 Å². The van der Waals surface area contributed by atoms with Crippen LogP contribution in [0.15, 0.2) is 59.5 Å². The first-order chi connectivity index (χ1) is 14.4. The van der Waals surface area contributed by atoms with Gasteiger partial charge in [-0.15, -0.1) is 10.2 Å². The highest BCUT2D eigenvalue weighted by atomic mass is 32.2. The summed E-state index contributed by atoms with van der Waals surface area (Å²) in [5, 5.41) is 12.2. The molecular weight excluding hydrogens is 420 g/mol. The third kappa shape index (κ3) is 5.50. The third-order valence-electron chi connectivity index (χ3n) is 4.71. The number of benzene rings is 2. The fraction of sp³-hybridized carbons (Fsp3) is 0.286. The Morgan fingerprint density at radius 1 is 1.03 bits per heavy atom. The zero-order valence-electron chi connectivity index (χ0n) is 16.8. The zero-order chi connectivity index (χ0) is 21.6. The third-order valence-corrected chi connectivity index (χ3v) is 7.11. The molecule has 0 aliphatic heterocycles. The normalized spacial score (nSPS) is 11.6. The molecule has 2 N–H and O–H groups in total. The number of rotatable bonds is 9. The molecule has 0 spiro atoms. The maximum absolute atomic E-state index is 12.6. The first kappa shape index (κ1) is 22.1. The van der Waals surface area contributed by atoms with E-state index in [1.807, 2.05) is 30.3 Å². The molecule has 0 fully saturated rings. The van der Waals surface area contributed by atoms with E-state index >= 15 is 0 Å². The summed E-state index contributed by atoms with van der Waals surface area (Å²) in [6.45, 7) is 4.35. The Morgan fingerprint density at radius 3 is 2.47 bits per heavy atom. The lowest BCUT2D eigenvalue weighted by Crippen LogP contribution is -2.23. The van der Waals surface area contributed by atoms with Gasteiger partial charge < -0.3 is 0 Å². The Labute approximate surface area is 180 Å². The van der Waals surface area contributed by atoms with Crippen LogP contribution in [0.5, 0.6) is 0 Å². The van der Waals surface area contributed by atoms with Crippen molar-refractivity contribution >= 4 is 32.4 Å². The molecule has 0 aliphatic rings. The fourth-order valence-corrected chi connectivity index (χ4v) is 4.99. The van der Waals surface area contributed by atoms with Crippen LogP contribution in [0.3, 0.4) is 0 Å². The number of carbonyl (C=O) groups is 1. The van der Waals surface area contributed by atoms with Crippen LogP contribution in [0.25, 0.3) is 0 Å². The van der Waals surface area contributed by atoms with Crippen molar-refractivity contribution in [1.29, 1.82) is 0 Å². The number of nitrogens with zero attached hydrogens (tertiary/aromatic N) is 2. The van der Waals surface area contributed by atoms with Crippen molar-refractivity contribution in [2.45, 2.75) is 44.0 Å². The molecule has 0 bridgehead atoms. The lowest BCUT2D eigenvalue weighted by molar-refractivity contribution is 0.102. The largest absolute Gasteiger partial charge is 0.296 e. The number of nitrogens with one attached hydrogen (secondary N) is 2. The van der Waals surface area contributed by atoms with E-state index in [-0.39, 0.29) is 17.0 Å². The van der Waals surface area contributed by atoms with Gasteiger partial charge in [-0.2, -0.15) is 0 Å². The minimum absolute atomic E-state index is 0.0288. The van der Waals surface area contributed by atoms with E-state index in [9.17, 15) is 13.2 Å². The Morgan fingerprint density at radius 2 is 1.77 bits per heavy atom. The molecule has 1 amide bonds. The molecule has 30 heavy (non-hydrogen) atoms. The maximum atomic E-state index is 12.6. The van der Waals surface area contributed by atoms with Crippen LogP contribution in [0.4, 0.5) is 5.13 Å². The molecule has 0 unspecified atom stereocenters.